The second kappa shape index (κ2) is 3.12. The van der Waals surface area contributed by atoms with Gasteiger partial charge in [-0.25, -0.2) is 4.79 Å². The van der Waals surface area contributed by atoms with E-state index in [1.165, 1.54) is 0 Å². The molecular formula is C10H18N2O2. The minimum Gasteiger partial charge on any atom is -0.440 e. The minimum atomic E-state index is -0.261. The average molecular weight is 198 g/mol. The lowest BCUT2D eigenvalue weighted by Crippen LogP contribution is -2.39. The van der Waals surface area contributed by atoms with Crippen molar-refractivity contribution in [1.82, 2.24) is 10.2 Å². The van der Waals surface area contributed by atoms with Crippen LogP contribution in [0.25, 0.3) is 0 Å². The fraction of sp³-hybridized carbons (Fsp3) is 0.900. The third-order valence-corrected chi connectivity index (χ3v) is 3.23. The summed E-state index contributed by atoms with van der Waals surface area (Å²) in [6, 6.07) is 1.02. The fourth-order valence-electron chi connectivity index (χ4n) is 2.60. The molecule has 4 heteroatoms. The van der Waals surface area contributed by atoms with Crippen LogP contribution in [0.15, 0.2) is 0 Å². The molecular weight excluding hydrogens is 180 g/mol. The molecule has 2 aliphatic heterocycles. The molecule has 2 fully saturated rings. The van der Waals surface area contributed by atoms with E-state index in [-0.39, 0.29) is 11.7 Å². The predicted octanol–water partition coefficient (Wildman–Crippen LogP) is 0.968. The van der Waals surface area contributed by atoms with Crippen LogP contribution in [0, 0.1) is 0 Å². The third kappa shape index (κ3) is 1.47. The summed E-state index contributed by atoms with van der Waals surface area (Å²) in [6.07, 6.45) is 0.687. The Labute approximate surface area is 84.6 Å². The van der Waals surface area contributed by atoms with Crippen molar-refractivity contribution in [2.24, 2.45) is 0 Å². The van der Waals surface area contributed by atoms with Gasteiger partial charge >= 0.3 is 6.09 Å². The van der Waals surface area contributed by atoms with Crippen molar-refractivity contribution in [3.63, 3.8) is 0 Å². The zero-order valence-electron chi connectivity index (χ0n) is 9.04. The number of alkyl carbamates (subject to hydrolysis) is 1. The van der Waals surface area contributed by atoms with Gasteiger partial charge in [0.05, 0.1) is 6.54 Å². The summed E-state index contributed by atoms with van der Waals surface area (Å²) in [4.78, 5) is 13.4. The highest BCUT2D eigenvalue weighted by Crippen LogP contribution is 2.33. The molecule has 14 heavy (non-hydrogen) atoms. The lowest BCUT2D eigenvalue weighted by molar-refractivity contribution is 0.0604. The molecule has 0 aromatic carbocycles. The van der Waals surface area contributed by atoms with E-state index in [1.54, 1.807) is 0 Å². The van der Waals surface area contributed by atoms with Crippen molar-refractivity contribution in [2.75, 3.05) is 13.1 Å². The smallest absolute Gasteiger partial charge is 0.407 e. The highest BCUT2D eigenvalue weighted by atomic mass is 16.6. The van der Waals surface area contributed by atoms with Gasteiger partial charge in [-0.05, 0) is 20.8 Å². The molecule has 2 rings (SSSR count). The minimum absolute atomic E-state index is 0.249. The van der Waals surface area contributed by atoms with Gasteiger partial charge < -0.3 is 10.1 Å². The number of carbonyl (C=O) groups is 1. The van der Waals surface area contributed by atoms with Gasteiger partial charge in [0.1, 0.15) is 5.60 Å². The fourth-order valence-corrected chi connectivity index (χ4v) is 2.60. The van der Waals surface area contributed by atoms with Gasteiger partial charge in [0, 0.05) is 25.0 Å². The first-order valence-electron chi connectivity index (χ1n) is 5.25. The van der Waals surface area contributed by atoms with Crippen LogP contribution >= 0.6 is 0 Å². The highest BCUT2D eigenvalue weighted by Gasteiger charge is 2.49. The van der Waals surface area contributed by atoms with Gasteiger partial charge in [-0.1, -0.05) is 0 Å². The molecule has 2 saturated heterocycles. The number of hydrogen-bond donors (Lipinski definition) is 1. The zero-order chi connectivity index (χ0) is 10.3. The van der Waals surface area contributed by atoms with Crippen LogP contribution in [0.3, 0.4) is 0 Å². The number of rotatable bonds is 1. The van der Waals surface area contributed by atoms with Gasteiger partial charge in [-0.3, -0.25) is 4.90 Å². The van der Waals surface area contributed by atoms with E-state index in [1.807, 2.05) is 0 Å². The molecule has 0 saturated carbocycles. The Hall–Kier alpha value is -0.770. The molecule has 80 valence electrons. The molecule has 0 aromatic heterocycles. The number of ether oxygens (including phenoxy) is 1. The number of carbonyl (C=O) groups excluding carboxylic acids is 1. The van der Waals surface area contributed by atoms with Crippen LogP contribution in [0.4, 0.5) is 4.79 Å². The van der Waals surface area contributed by atoms with Gasteiger partial charge in [0.25, 0.3) is 0 Å². The molecule has 1 amide bonds. The summed E-state index contributed by atoms with van der Waals surface area (Å²) < 4.78 is 5.37. The molecule has 1 spiro atoms. The highest BCUT2D eigenvalue weighted by molar-refractivity contribution is 5.70. The first kappa shape index (κ1) is 9.77. The second-order valence-electron chi connectivity index (χ2n) is 4.75. The molecule has 0 aromatic rings. The van der Waals surface area contributed by atoms with E-state index in [0.29, 0.717) is 18.6 Å². The van der Waals surface area contributed by atoms with Crippen LogP contribution in [0.1, 0.15) is 27.2 Å². The van der Waals surface area contributed by atoms with E-state index in [9.17, 15) is 4.79 Å². The maximum atomic E-state index is 11.0. The molecule has 0 radical (unpaired) electrons. The number of nitrogens with zero attached hydrogens (tertiary/aromatic N) is 1. The van der Waals surface area contributed by atoms with E-state index in [0.717, 1.165) is 13.0 Å². The lowest BCUT2D eigenvalue weighted by Gasteiger charge is -2.25. The average Bonchev–Trinajstić information content (AvgIpc) is 2.57. The Bertz CT molecular complexity index is 255. The zero-order valence-corrected chi connectivity index (χ0v) is 9.04. The molecule has 0 bridgehead atoms. The van der Waals surface area contributed by atoms with Crippen LogP contribution in [-0.4, -0.2) is 41.8 Å². The maximum absolute atomic E-state index is 11.0. The number of hydrogen-bond acceptors (Lipinski definition) is 3. The number of amides is 1. The second-order valence-corrected chi connectivity index (χ2v) is 4.75. The van der Waals surface area contributed by atoms with Crippen LogP contribution in [-0.2, 0) is 4.74 Å². The van der Waals surface area contributed by atoms with Crippen LogP contribution in [0.2, 0.25) is 0 Å². The SMILES string of the molecule is CC(C)N1CC2(CNC(=O)O2)CC1C. The quantitative estimate of drug-likeness (QED) is 0.682. The molecule has 2 heterocycles. The van der Waals surface area contributed by atoms with Gasteiger partial charge in [-0.15, -0.1) is 0 Å². The number of nitrogens with one attached hydrogen (secondary N) is 1. The Morgan fingerprint density at radius 2 is 2.36 bits per heavy atom. The van der Waals surface area contributed by atoms with Gasteiger partial charge in [0.2, 0.25) is 0 Å². The largest absolute Gasteiger partial charge is 0.440 e. The standard InChI is InChI=1S/C10H18N2O2/c1-7(2)12-6-10(4-8(12)3)5-11-9(13)14-10/h7-8H,4-6H2,1-3H3,(H,11,13). The van der Waals surface area contributed by atoms with Crippen molar-refractivity contribution >= 4 is 6.09 Å². The Morgan fingerprint density at radius 1 is 1.64 bits per heavy atom. The first-order chi connectivity index (χ1) is 6.52. The summed E-state index contributed by atoms with van der Waals surface area (Å²) in [5.74, 6) is 0. The Morgan fingerprint density at radius 3 is 2.79 bits per heavy atom. The predicted molar refractivity (Wildman–Crippen MR) is 53.1 cm³/mol. The molecule has 2 unspecified atom stereocenters. The monoisotopic (exact) mass is 198 g/mol. The van der Waals surface area contributed by atoms with Crippen LogP contribution in [0.5, 0.6) is 0 Å². The van der Waals surface area contributed by atoms with Gasteiger partial charge in [-0.2, -0.15) is 0 Å². The third-order valence-electron chi connectivity index (χ3n) is 3.23. The topological polar surface area (TPSA) is 41.6 Å². The lowest BCUT2D eigenvalue weighted by atomic mass is 10.0. The molecule has 1 N–H and O–H groups in total. The summed E-state index contributed by atoms with van der Waals surface area (Å²) >= 11 is 0. The Balaban J connectivity index is 2.09. The Kier molecular flexibility index (Phi) is 2.18. The normalized spacial score (nSPS) is 38.0. The molecule has 2 atom stereocenters. The van der Waals surface area contributed by atoms with E-state index >= 15 is 0 Å². The van der Waals surface area contributed by atoms with Crippen molar-refractivity contribution in [3.8, 4) is 0 Å². The van der Waals surface area contributed by atoms with Gasteiger partial charge in [0.15, 0.2) is 0 Å². The van der Waals surface area contributed by atoms with Crippen molar-refractivity contribution in [1.29, 1.82) is 0 Å². The molecule has 0 aliphatic carbocycles. The van der Waals surface area contributed by atoms with Crippen molar-refractivity contribution in [3.05, 3.63) is 0 Å². The van der Waals surface area contributed by atoms with Crippen molar-refractivity contribution in [2.45, 2.75) is 44.9 Å². The van der Waals surface area contributed by atoms with E-state index in [2.05, 4.69) is 31.0 Å². The number of likely N-dealkylation sites (tertiary alicyclic amines) is 1. The summed E-state index contributed by atoms with van der Waals surface area (Å²) in [5.41, 5.74) is -0.249. The van der Waals surface area contributed by atoms with Crippen molar-refractivity contribution < 1.29 is 9.53 Å². The van der Waals surface area contributed by atoms with E-state index in [4.69, 9.17) is 4.74 Å². The summed E-state index contributed by atoms with van der Waals surface area (Å²) in [5, 5.41) is 2.74. The summed E-state index contributed by atoms with van der Waals surface area (Å²) in [7, 11) is 0. The maximum Gasteiger partial charge on any atom is 0.407 e. The molecule has 4 nitrogen and oxygen atoms in total. The summed E-state index contributed by atoms with van der Waals surface area (Å²) in [6.45, 7) is 8.09. The molecule has 2 aliphatic rings. The first-order valence-corrected chi connectivity index (χ1v) is 5.25. The van der Waals surface area contributed by atoms with Crippen LogP contribution < -0.4 is 5.32 Å². The van der Waals surface area contributed by atoms with E-state index < -0.39 is 0 Å².